The topological polar surface area (TPSA) is 44.0 Å². The lowest BCUT2D eigenvalue weighted by atomic mass is 9.73. The minimum Gasteiger partial charge on any atom is -0.388 e. The summed E-state index contributed by atoms with van der Waals surface area (Å²) in [6, 6.07) is 9.49. The fraction of sp³-hybridized carbons (Fsp3) is 0.562. The van der Waals surface area contributed by atoms with E-state index in [-0.39, 0.29) is 6.10 Å². The highest BCUT2D eigenvalue weighted by atomic mass is 16.3. The van der Waals surface area contributed by atoms with Crippen molar-refractivity contribution in [1.29, 1.82) is 5.26 Å². The van der Waals surface area contributed by atoms with E-state index >= 15 is 0 Å². The zero-order valence-electron chi connectivity index (χ0n) is 11.0. The molecule has 0 radical (unpaired) electrons. The summed E-state index contributed by atoms with van der Waals surface area (Å²) in [5, 5.41) is 19.3. The molecule has 18 heavy (non-hydrogen) atoms. The van der Waals surface area contributed by atoms with Gasteiger partial charge >= 0.3 is 0 Å². The largest absolute Gasteiger partial charge is 0.388 e. The van der Waals surface area contributed by atoms with Crippen LogP contribution in [-0.4, -0.2) is 5.11 Å². The lowest BCUT2D eigenvalue weighted by Gasteiger charge is -2.34. The molecule has 1 aromatic carbocycles. The fourth-order valence-electron chi connectivity index (χ4n) is 3.16. The van der Waals surface area contributed by atoms with Gasteiger partial charge in [-0.15, -0.1) is 0 Å². The first-order valence-electron chi connectivity index (χ1n) is 6.94. The number of nitrogens with zero attached hydrogens (tertiary/aromatic N) is 1. The molecule has 0 amide bonds. The van der Waals surface area contributed by atoms with Gasteiger partial charge in [-0.25, -0.2) is 0 Å². The minimum absolute atomic E-state index is 0.372. The molecule has 1 aliphatic carbocycles. The first kappa shape index (κ1) is 13.1. The standard InChI is InChI=1S/C16H21NO/c1-2-13-5-3-4-6-15(13)16(18)14-9-7-12(11-17)8-10-14/h7-10,13,15-16,18H,2-6H2,1H3. The lowest BCUT2D eigenvalue weighted by molar-refractivity contribution is 0.0452. The van der Waals surface area contributed by atoms with Crippen molar-refractivity contribution in [2.45, 2.75) is 45.1 Å². The molecule has 0 bridgehead atoms. The molecule has 1 fully saturated rings. The van der Waals surface area contributed by atoms with Crippen molar-refractivity contribution in [3.8, 4) is 6.07 Å². The SMILES string of the molecule is CCC1CCCCC1C(O)c1ccc(C#N)cc1. The highest BCUT2D eigenvalue weighted by Crippen LogP contribution is 2.40. The first-order chi connectivity index (χ1) is 8.76. The van der Waals surface area contributed by atoms with Crippen LogP contribution >= 0.6 is 0 Å². The molecule has 0 saturated heterocycles. The Morgan fingerprint density at radius 2 is 1.94 bits per heavy atom. The van der Waals surface area contributed by atoms with Crippen molar-refractivity contribution in [3.63, 3.8) is 0 Å². The summed E-state index contributed by atoms with van der Waals surface area (Å²) in [6.07, 6.45) is 5.68. The number of hydrogen-bond acceptors (Lipinski definition) is 2. The maximum Gasteiger partial charge on any atom is 0.0991 e. The molecule has 1 aliphatic rings. The van der Waals surface area contributed by atoms with Gasteiger partial charge in [0.2, 0.25) is 0 Å². The van der Waals surface area contributed by atoms with Crippen molar-refractivity contribution in [2.75, 3.05) is 0 Å². The molecule has 96 valence electrons. The van der Waals surface area contributed by atoms with Gasteiger partial charge in [0.1, 0.15) is 0 Å². The van der Waals surface area contributed by atoms with Crippen LogP contribution in [-0.2, 0) is 0 Å². The molecule has 3 atom stereocenters. The Morgan fingerprint density at radius 1 is 1.28 bits per heavy atom. The third-order valence-corrected chi connectivity index (χ3v) is 4.28. The highest BCUT2D eigenvalue weighted by molar-refractivity contribution is 5.32. The maximum atomic E-state index is 10.5. The first-order valence-corrected chi connectivity index (χ1v) is 6.94. The predicted molar refractivity (Wildman–Crippen MR) is 71.9 cm³/mol. The molecule has 0 spiro atoms. The summed E-state index contributed by atoms with van der Waals surface area (Å²) >= 11 is 0. The van der Waals surface area contributed by atoms with Gasteiger partial charge in [0.25, 0.3) is 0 Å². The second-order valence-corrected chi connectivity index (χ2v) is 5.30. The van der Waals surface area contributed by atoms with Crippen LogP contribution in [0.3, 0.4) is 0 Å². The van der Waals surface area contributed by atoms with Crippen LogP contribution < -0.4 is 0 Å². The zero-order valence-corrected chi connectivity index (χ0v) is 11.0. The Hall–Kier alpha value is -1.33. The van der Waals surface area contributed by atoms with Gasteiger partial charge in [0.15, 0.2) is 0 Å². The van der Waals surface area contributed by atoms with E-state index in [0.29, 0.717) is 17.4 Å². The molecule has 1 aromatic rings. The molecule has 1 saturated carbocycles. The van der Waals surface area contributed by atoms with Gasteiger partial charge in [-0.1, -0.05) is 44.7 Å². The Bertz CT molecular complexity index is 418. The summed E-state index contributed by atoms with van der Waals surface area (Å²) in [4.78, 5) is 0. The van der Waals surface area contributed by atoms with Gasteiger partial charge in [-0.05, 0) is 36.0 Å². The van der Waals surface area contributed by atoms with Crippen LogP contribution in [0.1, 0.15) is 56.3 Å². The van der Waals surface area contributed by atoms with Crippen molar-refractivity contribution >= 4 is 0 Å². The summed E-state index contributed by atoms with van der Waals surface area (Å²) in [5.74, 6) is 1.03. The smallest absolute Gasteiger partial charge is 0.0991 e. The quantitative estimate of drug-likeness (QED) is 0.877. The summed E-state index contributed by atoms with van der Waals surface area (Å²) in [7, 11) is 0. The van der Waals surface area contributed by atoms with Gasteiger partial charge in [-0.3, -0.25) is 0 Å². The molecule has 1 N–H and O–H groups in total. The predicted octanol–water partition coefficient (Wildman–Crippen LogP) is 3.81. The zero-order chi connectivity index (χ0) is 13.0. The number of aliphatic hydroxyl groups excluding tert-OH is 1. The Kier molecular flexibility index (Phi) is 4.38. The molecule has 0 aliphatic heterocycles. The molecular weight excluding hydrogens is 222 g/mol. The van der Waals surface area contributed by atoms with Crippen LogP contribution in [0.2, 0.25) is 0 Å². The van der Waals surface area contributed by atoms with Gasteiger partial charge < -0.3 is 5.11 Å². The average molecular weight is 243 g/mol. The molecule has 3 unspecified atom stereocenters. The van der Waals surface area contributed by atoms with E-state index in [1.54, 1.807) is 12.1 Å². The second kappa shape index (κ2) is 6.02. The van der Waals surface area contributed by atoms with Crippen molar-refractivity contribution in [1.82, 2.24) is 0 Å². The number of benzene rings is 1. The molecule has 2 heteroatoms. The van der Waals surface area contributed by atoms with E-state index in [1.165, 1.54) is 19.3 Å². The van der Waals surface area contributed by atoms with Gasteiger partial charge in [0, 0.05) is 0 Å². The van der Waals surface area contributed by atoms with Crippen LogP contribution in [0.25, 0.3) is 0 Å². The Morgan fingerprint density at radius 3 is 2.56 bits per heavy atom. The molecular formula is C16H21NO. The minimum atomic E-state index is -0.372. The summed E-state index contributed by atoms with van der Waals surface area (Å²) in [6.45, 7) is 2.22. The number of aliphatic hydroxyl groups is 1. The lowest BCUT2D eigenvalue weighted by Crippen LogP contribution is -2.25. The third-order valence-electron chi connectivity index (χ3n) is 4.28. The van der Waals surface area contributed by atoms with Crippen LogP contribution in [0.15, 0.2) is 24.3 Å². The monoisotopic (exact) mass is 243 g/mol. The van der Waals surface area contributed by atoms with E-state index in [4.69, 9.17) is 5.26 Å². The van der Waals surface area contributed by atoms with Crippen LogP contribution in [0.5, 0.6) is 0 Å². The molecule has 0 heterocycles. The molecule has 0 aromatic heterocycles. The van der Waals surface area contributed by atoms with E-state index < -0.39 is 0 Å². The van der Waals surface area contributed by atoms with E-state index in [0.717, 1.165) is 18.4 Å². The van der Waals surface area contributed by atoms with Crippen LogP contribution in [0, 0.1) is 23.2 Å². The van der Waals surface area contributed by atoms with Gasteiger partial charge in [-0.2, -0.15) is 5.26 Å². The Labute approximate surface area is 109 Å². The number of hydrogen-bond donors (Lipinski definition) is 1. The van der Waals surface area contributed by atoms with Gasteiger partial charge in [0.05, 0.1) is 17.7 Å². The van der Waals surface area contributed by atoms with Crippen molar-refractivity contribution in [2.24, 2.45) is 11.8 Å². The molecule has 2 nitrogen and oxygen atoms in total. The fourth-order valence-corrected chi connectivity index (χ4v) is 3.16. The summed E-state index contributed by atoms with van der Waals surface area (Å²) < 4.78 is 0. The second-order valence-electron chi connectivity index (χ2n) is 5.30. The number of rotatable bonds is 3. The van der Waals surface area contributed by atoms with Crippen molar-refractivity contribution < 1.29 is 5.11 Å². The average Bonchev–Trinajstić information content (AvgIpc) is 2.46. The Balaban J connectivity index is 2.13. The van der Waals surface area contributed by atoms with E-state index in [1.807, 2.05) is 12.1 Å². The van der Waals surface area contributed by atoms with E-state index in [9.17, 15) is 5.11 Å². The summed E-state index contributed by atoms with van der Waals surface area (Å²) in [5.41, 5.74) is 1.61. The van der Waals surface area contributed by atoms with E-state index in [2.05, 4.69) is 13.0 Å². The third kappa shape index (κ3) is 2.73. The number of nitriles is 1. The highest BCUT2D eigenvalue weighted by Gasteiger charge is 2.30. The van der Waals surface area contributed by atoms with Crippen LogP contribution in [0.4, 0.5) is 0 Å². The molecule has 2 rings (SSSR count). The maximum absolute atomic E-state index is 10.5. The normalized spacial score (nSPS) is 25.4. The van der Waals surface area contributed by atoms with Crippen molar-refractivity contribution in [3.05, 3.63) is 35.4 Å².